The van der Waals surface area contributed by atoms with Crippen molar-refractivity contribution in [3.05, 3.63) is 48.2 Å². The van der Waals surface area contributed by atoms with Gasteiger partial charge in [-0.15, -0.1) is 0 Å². The number of nitrogens with one attached hydrogen (secondary N) is 2. The number of amides is 2. The summed E-state index contributed by atoms with van der Waals surface area (Å²) < 4.78 is 5.41. The zero-order valence-electron chi connectivity index (χ0n) is 18.2. The number of piperazine rings is 1. The van der Waals surface area contributed by atoms with Gasteiger partial charge in [-0.2, -0.15) is 0 Å². The molecule has 166 valence electrons. The molecule has 0 atom stereocenters. The van der Waals surface area contributed by atoms with E-state index in [9.17, 15) is 4.79 Å². The number of pyridine rings is 1. The number of morpholine rings is 1. The monoisotopic (exact) mass is 424 g/mol. The topological polar surface area (TPSA) is 73.0 Å². The Morgan fingerprint density at radius 2 is 1.81 bits per heavy atom. The maximum Gasteiger partial charge on any atom is 0.319 e. The summed E-state index contributed by atoms with van der Waals surface area (Å²) >= 11 is 0. The molecule has 2 aliphatic rings. The Kier molecular flexibility index (Phi) is 7.22. The zero-order valence-corrected chi connectivity index (χ0v) is 18.2. The van der Waals surface area contributed by atoms with E-state index in [1.807, 2.05) is 30.3 Å². The number of aromatic nitrogens is 1. The predicted molar refractivity (Wildman–Crippen MR) is 124 cm³/mol. The molecule has 2 N–H and O–H groups in total. The summed E-state index contributed by atoms with van der Waals surface area (Å²) in [7, 11) is 0. The van der Waals surface area contributed by atoms with Crippen LogP contribution in [0.1, 0.15) is 12.5 Å². The minimum absolute atomic E-state index is 0.204. The van der Waals surface area contributed by atoms with Crippen molar-refractivity contribution >= 4 is 23.2 Å². The minimum Gasteiger partial charge on any atom is -0.378 e. The van der Waals surface area contributed by atoms with Crippen LogP contribution in [0.5, 0.6) is 0 Å². The maximum absolute atomic E-state index is 12.6. The molecule has 2 amide bonds. The summed E-state index contributed by atoms with van der Waals surface area (Å²) in [5.41, 5.74) is 2.94. The third-order valence-electron chi connectivity index (χ3n) is 5.91. The Morgan fingerprint density at radius 1 is 1.03 bits per heavy atom. The largest absolute Gasteiger partial charge is 0.378 e. The molecule has 3 heterocycles. The molecule has 0 spiro atoms. The van der Waals surface area contributed by atoms with Crippen molar-refractivity contribution in [2.24, 2.45) is 0 Å². The number of rotatable bonds is 6. The molecular formula is C23H32N6O2. The summed E-state index contributed by atoms with van der Waals surface area (Å²) in [6.07, 6.45) is 1.80. The zero-order chi connectivity index (χ0) is 21.5. The summed E-state index contributed by atoms with van der Waals surface area (Å²) in [6, 6.07) is 11.8. The van der Waals surface area contributed by atoms with Crippen LogP contribution in [-0.2, 0) is 11.3 Å². The fourth-order valence-electron chi connectivity index (χ4n) is 4.04. The Labute approximate surface area is 184 Å². The first-order valence-electron chi connectivity index (χ1n) is 11.1. The fraction of sp³-hybridized carbons (Fsp3) is 0.478. The first-order valence-corrected chi connectivity index (χ1v) is 11.1. The third kappa shape index (κ3) is 5.65. The van der Waals surface area contributed by atoms with Crippen LogP contribution in [-0.4, -0.2) is 74.9 Å². The van der Waals surface area contributed by atoms with Gasteiger partial charge in [0.1, 0.15) is 5.82 Å². The quantitative estimate of drug-likeness (QED) is 0.742. The maximum atomic E-state index is 12.6. The smallest absolute Gasteiger partial charge is 0.319 e. The molecule has 8 nitrogen and oxygen atoms in total. The van der Waals surface area contributed by atoms with E-state index in [-0.39, 0.29) is 6.03 Å². The Morgan fingerprint density at radius 3 is 2.58 bits per heavy atom. The second-order valence-corrected chi connectivity index (χ2v) is 7.87. The molecule has 0 radical (unpaired) electrons. The van der Waals surface area contributed by atoms with E-state index < -0.39 is 0 Å². The molecule has 2 aromatic rings. The van der Waals surface area contributed by atoms with Crippen LogP contribution >= 0.6 is 0 Å². The number of likely N-dealkylation sites (N-methyl/N-ethyl adjacent to an activating group) is 1. The van der Waals surface area contributed by atoms with Crippen molar-refractivity contribution in [2.45, 2.75) is 13.5 Å². The molecule has 31 heavy (non-hydrogen) atoms. The molecule has 2 fully saturated rings. The third-order valence-corrected chi connectivity index (χ3v) is 5.91. The molecule has 8 heteroatoms. The van der Waals surface area contributed by atoms with Crippen molar-refractivity contribution in [1.82, 2.24) is 15.2 Å². The van der Waals surface area contributed by atoms with E-state index in [4.69, 9.17) is 4.74 Å². The average Bonchev–Trinajstić information content (AvgIpc) is 2.84. The van der Waals surface area contributed by atoms with Gasteiger partial charge < -0.3 is 30.1 Å². The molecule has 0 saturated carbocycles. The Bertz CT molecular complexity index is 863. The van der Waals surface area contributed by atoms with Crippen LogP contribution in [0.15, 0.2) is 42.6 Å². The van der Waals surface area contributed by atoms with Crippen LogP contribution < -0.4 is 20.4 Å². The minimum atomic E-state index is -0.204. The highest BCUT2D eigenvalue weighted by molar-refractivity contribution is 5.93. The number of para-hydroxylation sites is 2. The highest BCUT2D eigenvalue weighted by Gasteiger charge is 2.19. The molecule has 4 rings (SSSR count). The van der Waals surface area contributed by atoms with Gasteiger partial charge in [0, 0.05) is 52.0 Å². The fourth-order valence-corrected chi connectivity index (χ4v) is 4.04. The molecule has 2 aliphatic heterocycles. The van der Waals surface area contributed by atoms with Gasteiger partial charge in [-0.3, -0.25) is 0 Å². The molecule has 1 aromatic heterocycles. The second-order valence-electron chi connectivity index (χ2n) is 7.87. The van der Waals surface area contributed by atoms with E-state index in [1.165, 1.54) is 0 Å². The number of benzene rings is 1. The van der Waals surface area contributed by atoms with E-state index in [2.05, 4.69) is 43.3 Å². The van der Waals surface area contributed by atoms with E-state index in [0.717, 1.165) is 81.8 Å². The van der Waals surface area contributed by atoms with Crippen LogP contribution in [0.25, 0.3) is 0 Å². The predicted octanol–water partition coefficient (Wildman–Crippen LogP) is 2.38. The highest BCUT2D eigenvalue weighted by atomic mass is 16.5. The number of carbonyl (C=O) groups is 1. The number of anilines is 3. The van der Waals surface area contributed by atoms with Gasteiger partial charge >= 0.3 is 6.03 Å². The number of ether oxygens (including phenoxy) is 1. The van der Waals surface area contributed by atoms with Crippen molar-refractivity contribution < 1.29 is 9.53 Å². The number of hydrogen-bond acceptors (Lipinski definition) is 6. The lowest BCUT2D eigenvalue weighted by atomic mass is 10.2. The number of hydrogen-bond donors (Lipinski definition) is 2. The number of nitrogens with zero attached hydrogens (tertiary/aromatic N) is 4. The average molecular weight is 425 g/mol. The lowest BCUT2D eigenvalue weighted by Crippen LogP contribution is -2.46. The molecule has 0 aliphatic carbocycles. The second kappa shape index (κ2) is 10.5. The summed E-state index contributed by atoms with van der Waals surface area (Å²) in [5, 5.41) is 6.01. The number of urea groups is 1. The SMILES string of the molecule is CCN1CCN(c2ccccc2NC(=O)NCc2ccnc(N3CCOCC3)c2)CC1. The van der Waals surface area contributed by atoms with E-state index in [0.29, 0.717) is 6.54 Å². The first-order chi connectivity index (χ1) is 15.2. The first kappa shape index (κ1) is 21.4. The van der Waals surface area contributed by atoms with Gasteiger partial charge in [0.2, 0.25) is 0 Å². The Hall–Kier alpha value is -2.84. The van der Waals surface area contributed by atoms with Crippen LogP contribution in [0, 0.1) is 0 Å². The molecule has 0 bridgehead atoms. The van der Waals surface area contributed by atoms with Gasteiger partial charge in [-0.25, -0.2) is 9.78 Å². The van der Waals surface area contributed by atoms with E-state index in [1.54, 1.807) is 6.20 Å². The summed E-state index contributed by atoms with van der Waals surface area (Å²) in [6.45, 7) is 10.9. The summed E-state index contributed by atoms with van der Waals surface area (Å²) in [4.78, 5) is 24.1. The van der Waals surface area contributed by atoms with Gasteiger partial charge in [0.15, 0.2) is 0 Å². The van der Waals surface area contributed by atoms with Crippen molar-refractivity contribution in [1.29, 1.82) is 0 Å². The van der Waals surface area contributed by atoms with Crippen LogP contribution in [0.2, 0.25) is 0 Å². The van der Waals surface area contributed by atoms with Crippen LogP contribution in [0.4, 0.5) is 22.0 Å². The van der Waals surface area contributed by atoms with Crippen molar-refractivity contribution in [3.8, 4) is 0 Å². The van der Waals surface area contributed by atoms with Gasteiger partial charge in [-0.1, -0.05) is 19.1 Å². The lowest BCUT2D eigenvalue weighted by Gasteiger charge is -2.36. The lowest BCUT2D eigenvalue weighted by molar-refractivity contribution is 0.122. The standard InChI is InChI=1S/C23H32N6O2/c1-2-27-9-11-28(12-10-27)21-6-4-3-5-20(21)26-23(30)25-18-19-7-8-24-22(17-19)29-13-15-31-16-14-29/h3-8,17H,2,9-16,18H2,1H3,(H2,25,26,30). The van der Waals surface area contributed by atoms with Crippen molar-refractivity contribution in [3.63, 3.8) is 0 Å². The van der Waals surface area contributed by atoms with Gasteiger partial charge in [0.25, 0.3) is 0 Å². The molecular weight excluding hydrogens is 392 g/mol. The highest BCUT2D eigenvalue weighted by Crippen LogP contribution is 2.26. The van der Waals surface area contributed by atoms with E-state index >= 15 is 0 Å². The van der Waals surface area contributed by atoms with Crippen molar-refractivity contribution in [2.75, 3.05) is 74.1 Å². The Balaban J connectivity index is 1.33. The summed E-state index contributed by atoms with van der Waals surface area (Å²) in [5.74, 6) is 0.930. The van der Waals surface area contributed by atoms with Gasteiger partial charge in [0.05, 0.1) is 24.6 Å². The van der Waals surface area contributed by atoms with Crippen LogP contribution in [0.3, 0.4) is 0 Å². The molecule has 1 aromatic carbocycles. The normalized spacial score (nSPS) is 17.5. The molecule has 2 saturated heterocycles. The molecule has 0 unspecified atom stereocenters. The number of carbonyl (C=O) groups excluding carboxylic acids is 1. The van der Waals surface area contributed by atoms with Gasteiger partial charge in [-0.05, 0) is 36.4 Å².